The molecule has 2 aromatic carbocycles. The van der Waals surface area contributed by atoms with Gasteiger partial charge in [0.05, 0.1) is 26.4 Å². The predicted octanol–water partition coefficient (Wildman–Crippen LogP) is 4.16. The summed E-state index contributed by atoms with van der Waals surface area (Å²) in [6.07, 6.45) is -0.556. The Balaban J connectivity index is 2.04. The molecule has 32 heavy (non-hydrogen) atoms. The number of carbonyl (C=O) groups excluding carboxylic acids is 2. The van der Waals surface area contributed by atoms with Gasteiger partial charge in [0.1, 0.15) is 0 Å². The Hall–Kier alpha value is -3.10. The highest BCUT2D eigenvalue weighted by Crippen LogP contribution is 2.46. The summed E-state index contributed by atoms with van der Waals surface area (Å²) in [4.78, 5) is 34.0. The molecular weight excluding hydrogens is 416 g/mol. The second-order valence-corrected chi connectivity index (χ2v) is 7.66. The molecule has 0 saturated carbocycles. The molecule has 1 fully saturated rings. The summed E-state index contributed by atoms with van der Waals surface area (Å²) in [6, 6.07) is 10.9. The number of rotatable bonds is 6. The van der Waals surface area contributed by atoms with E-state index in [9.17, 15) is 9.59 Å². The van der Waals surface area contributed by atoms with Gasteiger partial charge in [0.2, 0.25) is 0 Å². The predicted molar refractivity (Wildman–Crippen MR) is 115 cm³/mol. The molecule has 0 bridgehead atoms. The fraction of sp³-hybridized carbons (Fsp3) is 0.417. The zero-order valence-corrected chi connectivity index (χ0v) is 19.0. The van der Waals surface area contributed by atoms with E-state index in [0.717, 1.165) is 11.1 Å². The third kappa shape index (κ3) is 5.03. The molecule has 8 nitrogen and oxygen atoms in total. The normalized spacial score (nSPS) is 22.7. The summed E-state index contributed by atoms with van der Waals surface area (Å²) >= 11 is 0. The first-order valence-electron chi connectivity index (χ1n) is 10.3. The average Bonchev–Trinajstić information content (AvgIpc) is 2.75. The van der Waals surface area contributed by atoms with Crippen LogP contribution in [0.25, 0.3) is 0 Å². The SMILES string of the molecule is COc1cc([C@@H]2[C@@H](c3ccc(OC(C)=O)c(OC)c3)[C@H](C)OO[C@H]2C)ccc1OC(C)=O. The van der Waals surface area contributed by atoms with Crippen LogP contribution in [0.5, 0.6) is 23.0 Å². The van der Waals surface area contributed by atoms with E-state index in [4.69, 9.17) is 28.7 Å². The Labute approximate surface area is 187 Å². The average molecular weight is 444 g/mol. The fourth-order valence-corrected chi connectivity index (χ4v) is 4.10. The summed E-state index contributed by atoms with van der Waals surface area (Å²) in [6.45, 7) is 6.54. The topological polar surface area (TPSA) is 89.5 Å². The third-order valence-electron chi connectivity index (χ3n) is 5.41. The second kappa shape index (κ2) is 10.0. The van der Waals surface area contributed by atoms with E-state index in [2.05, 4.69) is 0 Å². The quantitative estimate of drug-likeness (QED) is 0.373. The first kappa shape index (κ1) is 23.6. The van der Waals surface area contributed by atoms with Crippen LogP contribution in [0.3, 0.4) is 0 Å². The smallest absolute Gasteiger partial charge is 0.308 e. The van der Waals surface area contributed by atoms with E-state index >= 15 is 0 Å². The lowest BCUT2D eigenvalue weighted by Gasteiger charge is -2.40. The molecule has 0 spiro atoms. The number of hydrogen-bond acceptors (Lipinski definition) is 8. The zero-order valence-electron chi connectivity index (χ0n) is 19.0. The zero-order chi connectivity index (χ0) is 23.4. The van der Waals surface area contributed by atoms with Crippen LogP contribution in [-0.2, 0) is 19.4 Å². The number of ether oxygens (including phenoxy) is 4. The Morgan fingerprint density at radius 2 is 1.06 bits per heavy atom. The van der Waals surface area contributed by atoms with Crippen molar-refractivity contribution in [1.82, 2.24) is 0 Å². The van der Waals surface area contributed by atoms with Crippen LogP contribution in [0, 0.1) is 0 Å². The van der Waals surface area contributed by atoms with Crippen molar-refractivity contribution in [2.24, 2.45) is 0 Å². The van der Waals surface area contributed by atoms with Gasteiger partial charge in [-0.15, -0.1) is 0 Å². The lowest BCUT2D eigenvalue weighted by molar-refractivity contribution is -0.376. The largest absolute Gasteiger partial charge is 0.493 e. The van der Waals surface area contributed by atoms with Crippen LogP contribution in [0.4, 0.5) is 0 Å². The van der Waals surface area contributed by atoms with E-state index in [-0.39, 0.29) is 24.0 Å². The van der Waals surface area contributed by atoms with Crippen LogP contribution in [0.1, 0.15) is 50.7 Å². The number of carbonyl (C=O) groups is 2. The molecule has 1 aliphatic rings. The van der Waals surface area contributed by atoms with Crippen LogP contribution < -0.4 is 18.9 Å². The van der Waals surface area contributed by atoms with Crippen LogP contribution in [-0.4, -0.2) is 38.4 Å². The molecular formula is C24H28O8. The van der Waals surface area contributed by atoms with Crippen molar-refractivity contribution in [3.8, 4) is 23.0 Å². The molecule has 0 aromatic heterocycles. The number of methoxy groups -OCH3 is 2. The summed E-state index contributed by atoms with van der Waals surface area (Å²) in [5.41, 5.74) is 1.88. The van der Waals surface area contributed by atoms with Gasteiger partial charge in [0, 0.05) is 25.7 Å². The molecule has 1 heterocycles. The summed E-state index contributed by atoms with van der Waals surface area (Å²) < 4.78 is 21.4. The number of hydrogen-bond donors (Lipinski definition) is 0. The Morgan fingerprint density at radius 3 is 1.38 bits per heavy atom. The van der Waals surface area contributed by atoms with Crippen molar-refractivity contribution < 1.29 is 38.3 Å². The highest BCUT2D eigenvalue weighted by molar-refractivity contribution is 5.71. The molecule has 0 amide bonds. The molecule has 0 aliphatic carbocycles. The third-order valence-corrected chi connectivity index (χ3v) is 5.41. The molecule has 4 atom stereocenters. The first-order valence-corrected chi connectivity index (χ1v) is 10.3. The standard InChI is InChI=1S/C24H28O8/c1-13-23(17-7-9-19(29-15(3)25)21(11-17)27-5)24(14(2)32-31-13)18-8-10-20(30-16(4)26)22(12-18)28-6/h7-14,23-24H,1-6H3/t13-,14-,23+,24+/m0/s1. The second-order valence-electron chi connectivity index (χ2n) is 7.66. The number of benzene rings is 2. The highest BCUT2D eigenvalue weighted by atomic mass is 17.2. The van der Waals surface area contributed by atoms with Crippen LogP contribution in [0.15, 0.2) is 36.4 Å². The van der Waals surface area contributed by atoms with E-state index in [1.54, 1.807) is 12.1 Å². The molecule has 2 aromatic rings. The van der Waals surface area contributed by atoms with Gasteiger partial charge < -0.3 is 18.9 Å². The Kier molecular flexibility index (Phi) is 7.37. The minimum Gasteiger partial charge on any atom is -0.493 e. The van der Waals surface area contributed by atoms with Gasteiger partial charge in [-0.2, -0.15) is 0 Å². The van der Waals surface area contributed by atoms with Gasteiger partial charge in [-0.05, 0) is 49.2 Å². The molecule has 1 aliphatic heterocycles. The Bertz CT molecular complexity index is 906. The van der Waals surface area contributed by atoms with E-state index < -0.39 is 11.9 Å². The summed E-state index contributed by atoms with van der Waals surface area (Å²) in [5, 5.41) is 0. The minimum absolute atomic E-state index is 0.108. The maximum Gasteiger partial charge on any atom is 0.308 e. The molecule has 0 N–H and O–H groups in total. The van der Waals surface area contributed by atoms with Crippen molar-refractivity contribution in [2.75, 3.05) is 14.2 Å². The monoisotopic (exact) mass is 444 g/mol. The maximum absolute atomic E-state index is 11.4. The maximum atomic E-state index is 11.4. The highest BCUT2D eigenvalue weighted by Gasteiger charge is 2.40. The van der Waals surface area contributed by atoms with Gasteiger partial charge in [0.25, 0.3) is 0 Å². The molecule has 0 radical (unpaired) electrons. The molecule has 1 saturated heterocycles. The van der Waals surface area contributed by atoms with Crippen molar-refractivity contribution in [2.45, 2.75) is 51.7 Å². The van der Waals surface area contributed by atoms with Crippen molar-refractivity contribution in [3.05, 3.63) is 47.5 Å². The summed E-state index contributed by atoms with van der Waals surface area (Å²) in [5.74, 6) is 0.529. The van der Waals surface area contributed by atoms with Gasteiger partial charge in [-0.25, -0.2) is 9.78 Å². The van der Waals surface area contributed by atoms with E-state index in [1.807, 2.05) is 38.1 Å². The van der Waals surface area contributed by atoms with Gasteiger partial charge >= 0.3 is 11.9 Å². The van der Waals surface area contributed by atoms with E-state index in [1.165, 1.54) is 28.1 Å². The minimum atomic E-state index is -0.426. The molecule has 3 rings (SSSR count). The van der Waals surface area contributed by atoms with Crippen molar-refractivity contribution in [3.63, 3.8) is 0 Å². The first-order chi connectivity index (χ1) is 15.2. The van der Waals surface area contributed by atoms with Crippen molar-refractivity contribution >= 4 is 11.9 Å². The lowest BCUT2D eigenvalue weighted by Crippen LogP contribution is -2.38. The fourth-order valence-electron chi connectivity index (χ4n) is 4.10. The lowest BCUT2D eigenvalue weighted by atomic mass is 9.75. The van der Waals surface area contributed by atoms with Gasteiger partial charge in [-0.1, -0.05) is 12.1 Å². The van der Waals surface area contributed by atoms with Crippen LogP contribution in [0.2, 0.25) is 0 Å². The van der Waals surface area contributed by atoms with Crippen molar-refractivity contribution in [1.29, 1.82) is 0 Å². The summed E-state index contributed by atoms with van der Waals surface area (Å²) in [7, 11) is 3.05. The van der Waals surface area contributed by atoms with Gasteiger partial charge in [-0.3, -0.25) is 9.59 Å². The molecule has 8 heteroatoms. The van der Waals surface area contributed by atoms with Crippen LogP contribution >= 0.6 is 0 Å². The number of esters is 2. The van der Waals surface area contributed by atoms with E-state index in [0.29, 0.717) is 23.0 Å². The Morgan fingerprint density at radius 1 is 0.688 bits per heavy atom. The van der Waals surface area contributed by atoms with Gasteiger partial charge in [0.15, 0.2) is 23.0 Å². The molecule has 172 valence electrons. The molecule has 0 unspecified atom stereocenters.